The van der Waals surface area contributed by atoms with Crippen LogP contribution in [0.25, 0.3) is 0 Å². The Morgan fingerprint density at radius 2 is 2.00 bits per heavy atom. The number of hydrogen-bond donors (Lipinski definition) is 0. The molecule has 0 radical (unpaired) electrons. The first-order chi connectivity index (χ1) is 7.31. The van der Waals surface area contributed by atoms with E-state index >= 15 is 0 Å². The van der Waals surface area contributed by atoms with E-state index in [1.54, 1.807) is 0 Å². The van der Waals surface area contributed by atoms with Crippen LogP contribution in [0.1, 0.15) is 42.5 Å². The van der Waals surface area contributed by atoms with Gasteiger partial charge in [-0.1, -0.05) is 18.2 Å². The second-order valence-corrected chi connectivity index (χ2v) is 4.31. The molecule has 2 rings (SSSR count). The predicted molar refractivity (Wildman–Crippen MR) is 66.5 cm³/mol. The van der Waals surface area contributed by atoms with Crippen LogP contribution in [0, 0.1) is 0 Å². The van der Waals surface area contributed by atoms with Gasteiger partial charge in [0.2, 0.25) is 0 Å². The number of fused-ring (bicyclic) bond motifs is 1. The Morgan fingerprint density at radius 3 is 2.73 bits per heavy atom. The number of nitrogens with zero attached hydrogens (tertiary/aromatic N) is 1. The Morgan fingerprint density at radius 1 is 1.27 bits per heavy atom. The number of rotatable bonds is 2. The fourth-order valence-electron chi connectivity index (χ4n) is 2.17. The van der Waals surface area contributed by atoms with Crippen LogP contribution in [-0.4, -0.2) is 5.16 Å². The zero-order valence-corrected chi connectivity index (χ0v) is 9.81. The van der Waals surface area contributed by atoms with Crippen LogP contribution in [0.2, 0.25) is 0 Å². The van der Waals surface area contributed by atoms with Crippen LogP contribution >= 0.6 is 12.2 Å². The van der Waals surface area contributed by atoms with E-state index in [1.165, 1.54) is 42.4 Å². The average Bonchev–Trinajstić information content (AvgIpc) is 2.29. The standard InChI is InChI=1S/C13H15NS/c1-10(14-9-15)12-7-6-11-4-2-3-5-13(11)8-12/h6-8,10H,2-5H2,1H3. The molecule has 2 heteroatoms. The lowest BCUT2D eigenvalue weighted by Crippen LogP contribution is -2.03. The molecule has 78 valence electrons. The van der Waals surface area contributed by atoms with Gasteiger partial charge < -0.3 is 0 Å². The summed E-state index contributed by atoms with van der Waals surface area (Å²) >= 11 is 4.63. The highest BCUT2D eigenvalue weighted by atomic mass is 32.1. The quantitative estimate of drug-likeness (QED) is 0.543. The molecule has 1 aromatic carbocycles. The van der Waals surface area contributed by atoms with Gasteiger partial charge >= 0.3 is 0 Å². The Bertz CT molecular complexity index is 405. The SMILES string of the molecule is CC(N=C=S)c1ccc2c(c1)CCCC2. The third-order valence-electron chi connectivity index (χ3n) is 3.10. The van der Waals surface area contributed by atoms with Gasteiger partial charge in [-0.3, -0.25) is 0 Å². The van der Waals surface area contributed by atoms with Crippen molar-refractivity contribution in [3.63, 3.8) is 0 Å². The summed E-state index contributed by atoms with van der Waals surface area (Å²) < 4.78 is 0. The summed E-state index contributed by atoms with van der Waals surface area (Å²) in [6.07, 6.45) is 5.11. The molecule has 0 amide bonds. The third-order valence-corrected chi connectivity index (χ3v) is 3.21. The van der Waals surface area contributed by atoms with Crippen molar-refractivity contribution in [3.8, 4) is 0 Å². The second kappa shape index (κ2) is 4.69. The Labute approximate surface area is 96.2 Å². The first-order valence-electron chi connectivity index (χ1n) is 5.50. The fraction of sp³-hybridized carbons (Fsp3) is 0.462. The van der Waals surface area contributed by atoms with Crippen molar-refractivity contribution in [1.29, 1.82) is 0 Å². The van der Waals surface area contributed by atoms with E-state index < -0.39 is 0 Å². The van der Waals surface area contributed by atoms with Gasteiger partial charge in [0.1, 0.15) is 0 Å². The van der Waals surface area contributed by atoms with E-state index in [4.69, 9.17) is 0 Å². The largest absolute Gasteiger partial charge is 0.225 e. The van der Waals surface area contributed by atoms with E-state index in [0.29, 0.717) is 0 Å². The number of thiocarbonyl (C=S) groups is 1. The highest BCUT2D eigenvalue weighted by Gasteiger charge is 2.11. The van der Waals surface area contributed by atoms with Gasteiger partial charge in [0.15, 0.2) is 0 Å². The normalized spacial score (nSPS) is 16.3. The summed E-state index contributed by atoms with van der Waals surface area (Å²) in [4.78, 5) is 4.11. The highest BCUT2D eigenvalue weighted by molar-refractivity contribution is 7.78. The molecule has 1 aliphatic carbocycles. The lowest BCUT2D eigenvalue weighted by Gasteiger charge is -2.17. The molecule has 0 spiro atoms. The molecule has 0 aromatic heterocycles. The van der Waals surface area contributed by atoms with Gasteiger partial charge in [0.25, 0.3) is 0 Å². The Balaban J connectivity index is 2.31. The van der Waals surface area contributed by atoms with Crippen LogP contribution in [-0.2, 0) is 12.8 Å². The lowest BCUT2D eigenvalue weighted by atomic mass is 9.89. The maximum atomic E-state index is 4.63. The van der Waals surface area contributed by atoms with Gasteiger partial charge in [-0.25, -0.2) is 4.99 Å². The maximum absolute atomic E-state index is 4.63. The predicted octanol–water partition coefficient (Wildman–Crippen LogP) is 3.73. The van der Waals surface area contributed by atoms with Crippen molar-refractivity contribution in [1.82, 2.24) is 0 Å². The summed E-state index contributed by atoms with van der Waals surface area (Å²) in [5.41, 5.74) is 4.28. The molecule has 0 bridgehead atoms. The topological polar surface area (TPSA) is 12.4 Å². The van der Waals surface area contributed by atoms with Crippen LogP contribution < -0.4 is 0 Å². The van der Waals surface area contributed by atoms with Crippen molar-refractivity contribution < 1.29 is 0 Å². The van der Waals surface area contributed by atoms with Crippen LogP contribution in [0.4, 0.5) is 0 Å². The minimum absolute atomic E-state index is 0.148. The van der Waals surface area contributed by atoms with Gasteiger partial charge in [0.05, 0.1) is 11.2 Å². The molecule has 0 N–H and O–H groups in total. The zero-order chi connectivity index (χ0) is 10.7. The molecular weight excluding hydrogens is 202 g/mol. The van der Waals surface area contributed by atoms with Crippen molar-refractivity contribution in [3.05, 3.63) is 34.9 Å². The molecule has 1 unspecified atom stereocenters. The molecule has 1 aromatic rings. The summed E-state index contributed by atoms with van der Waals surface area (Å²) in [5, 5.41) is 2.45. The lowest BCUT2D eigenvalue weighted by molar-refractivity contribution is 0.682. The Hall–Kier alpha value is -0.980. The smallest absolute Gasteiger partial charge is 0.0824 e. The molecule has 0 saturated heterocycles. The first-order valence-corrected chi connectivity index (χ1v) is 5.91. The van der Waals surface area contributed by atoms with E-state index in [9.17, 15) is 0 Å². The van der Waals surface area contributed by atoms with E-state index in [0.717, 1.165) is 0 Å². The zero-order valence-electron chi connectivity index (χ0n) is 8.99. The Kier molecular flexibility index (Phi) is 3.30. The van der Waals surface area contributed by atoms with Gasteiger partial charge in [0, 0.05) is 0 Å². The van der Waals surface area contributed by atoms with Gasteiger partial charge in [-0.15, -0.1) is 0 Å². The van der Waals surface area contributed by atoms with E-state index in [1.807, 2.05) is 0 Å². The molecule has 0 saturated carbocycles. The van der Waals surface area contributed by atoms with E-state index in [-0.39, 0.29) is 6.04 Å². The molecular formula is C13H15NS. The molecule has 0 heterocycles. The molecule has 0 aliphatic heterocycles. The summed E-state index contributed by atoms with van der Waals surface area (Å²) in [6, 6.07) is 6.86. The number of hydrogen-bond acceptors (Lipinski definition) is 2. The van der Waals surface area contributed by atoms with Crippen LogP contribution in [0.3, 0.4) is 0 Å². The highest BCUT2D eigenvalue weighted by Crippen LogP contribution is 2.25. The second-order valence-electron chi connectivity index (χ2n) is 4.13. The molecule has 1 atom stereocenters. The van der Waals surface area contributed by atoms with Crippen molar-refractivity contribution in [2.45, 2.75) is 38.6 Å². The summed E-state index contributed by atoms with van der Waals surface area (Å²) in [7, 11) is 0. The summed E-state index contributed by atoms with van der Waals surface area (Å²) in [6.45, 7) is 2.06. The number of aliphatic imine (C=N–C) groups is 1. The first kappa shape index (κ1) is 10.5. The minimum Gasteiger partial charge on any atom is -0.225 e. The van der Waals surface area contributed by atoms with Gasteiger partial charge in [-0.2, -0.15) is 0 Å². The molecule has 1 aliphatic rings. The fourth-order valence-corrected chi connectivity index (χ4v) is 2.32. The average molecular weight is 217 g/mol. The summed E-state index contributed by atoms with van der Waals surface area (Å²) in [5.74, 6) is 0. The van der Waals surface area contributed by atoms with Crippen molar-refractivity contribution >= 4 is 17.4 Å². The van der Waals surface area contributed by atoms with Crippen LogP contribution in [0.5, 0.6) is 0 Å². The number of aryl methyl sites for hydroxylation is 2. The number of isothiocyanates is 1. The molecule has 1 nitrogen and oxygen atoms in total. The van der Waals surface area contributed by atoms with Gasteiger partial charge in [-0.05, 0) is 61.5 Å². The third kappa shape index (κ3) is 2.34. The van der Waals surface area contributed by atoms with Crippen LogP contribution in [0.15, 0.2) is 23.2 Å². The molecule has 0 fully saturated rings. The number of benzene rings is 1. The van der Waals surface area contributed by atoms with E-state index in [2.05, 4.69) is 47.5 Å². The monoisotopic (exact) mass is 217 g/mol. The van der Waals surface area contributed by atoms with Crippen molar-refractivity contribution in [2.75, 3.05) is 0 Å². The minimum atomic E-state index is 0.148. The maximum Gasteiger partial charge on any atom is 0.0824 e. The van der Waals surface area contributed by atoms with Crippen molar-refractivity contribution in [2.24, 2.45) is 4.99 Å². The molecule has 15 heavy (non-hydrogen) atoms.